The lowest BCUT2D eigenvalue weighted by molar-refractivity contribution is -0.126. The third kappa shape index (κ3) is 14.9. The molecule has 4 aromatic rings. The van der Waals surface area contributed by atoms with E-state index in [0.717, 1.165) is 56.8 Å². The van der Waals surface area contributed by atoms with Gasteiger partial charge in [-0.1, -0.05) is 30.3 Å². The van der Waals surface area contributed by atoms with Crippen molar-refractivity contribution in [3.05, 3.63) is 71.6 Å². The van der Waals surface area contributed by atoms with E-state index in [1.54, 1.807) is 0 Å². The van der Waals surface area contributed by atoms with Crippen LogP contribution in [0.2, 0.25) is 0 Å². The molecule has 392 valence electrons. The zero-order valence-corrected chi connectivity index (χ0v) is 41.6. The Morgan fingerprint density at radius 1 is 0.833 bits per heavy atom. The first-order chi connectivity index (χ1) is 35.2. The number of piperidine rings is 1. The molecule has 0 spiro atoms. The average Bonchev–Trinajstić information content (AvgIpc) is 4.10. The lowest BCUT2D eigenvalue weighted by atomic mass is 9.93. The monoisotopic (exact) mass is 1000 g/mol. The first kappa shape index (κ1) is 55.6. The van der Waals surface area contributed by atoms with E-state index in [0.29, 0.717) is 102 Å². The number of fused-ring (bicyclic) bond motifs is 1. The summed E-state index contributed by atoms with van der Waals surface area (Å²) < 4.78 is 28.9. The van der Waals surface area contributed by atoms with Gasteiger partial charge >= 0.3 is 0 Å². The van der Waals surface area contributed by atoms with E-state index in [1.165, 1.54) is 35.4 Å². The van der Waals surface area contributed by atoms with E-state index < -0.39 is 43.0 Å². The number of piperazine rings is 1. The molecule has 6 rings (SSSR count). The highest BCUT2D eigenvalue weighted by atomic mass is 16.6. The minimum Gasteiger partial charge on any atom is -0.494 e. The summed E-state index contributed by atoms with van der Waals surface area (Å²) in [6.07, 6.45) is 6.25. The molecule has 2 amide bonds. The van der Waals surface area contributed by atoms with Gasteiger partial charge in [-0.2, -0.15) is 9.94 Å². The van der Waals surface area contributed by atoms with Crippen LogP contribution in [-0.2, 0) is 23.7 Å². The maximum atomic E-state index is 13.8. The zero-order chi connectivity index (χ0) is 51.1. The van der Waals surface area contributed by atoms with Gasteiger partial charge in [0.1, 0.15) is 12.1 Å². The molecule has 1 aromatic carbocycles. The van der Waals surface area contributed by atoms with Crippen LogP contribution in [-0.4, -0.2) is 235 Å². The van der Waals surface area contributed by atoms with E-state index >= 15 is 0 Å². The average molecular weight is 1000 g/mol. The second-order valence-corrected chi connectivity index (χ2v) is 17.6. The fourth-order valence-electron chi connectivity index (χ4n) is 8.83. The summed E-state index contributed by atoms with van der Waals surface area (Å²) in [4.78, 5) is 60.6. The number of methoxy groups -OCH3 is 1. The molecule has 0 unspecified atom stereocenters. The summed E-state index contributed by atoms with van der Waals surface area (Å²) >= 11 is 0. The van der Waals surface area contributed by atoms with Gasteiger partial charge in [0.15, 0.2) is 5.82 Å². The highest BCUT2D eigenvalue weighted by molar-refractivity contribution is 6.45. The van der Waals surface area contributed by atoms with Crippen LogP contribution in [0.4, 0.5) is 0 Å². The van der Waals surface area contributed by atoms with Crippen LogP contribution in [0.1, 0.15) is 59.1 Å². The molecule has 2 aliphatic heterocycles. The van der Waals surface area contributed by atoms with Crippen LogP contribution >= 0.6 is 0 Å². The number of benzene rings is 1. The van der Waals surface area contributed by atoms with Crippen molar-refractivity contribution in [2.24, 2.45) is 0 Å². The largest absolute Gasteiger partial charge is 0.494 e. The van der Waals surface area contributed by atoms with Gasteiger partial charge in [0.25, 0.3) is 17.6 Å². The van der Waals surface area contributed by atoms with Gasteiger partial charge in [-0.3, -0.25) is 24.2 Å². The van der Waals surface area contributed by atoms with Crippen molar-refractivity contribution in [2.75, 3.05) is 152 Å². The standard InChI is InChI=1S/C50H71N11O11/c1-3-69-25-26-71-29-30-72-28-27-70-24-23-58-21-19-57(20-22-58)14-8-16-60(50(34-62,35-63)36-64)15-7-13-52-48(66)46-55-37-61(56-46)47-44-43(42(68-2)33-54-47)41(32-53-44)45(65)49(67)59-17-11-39(12-18-59)40(31-51)38-9-5-4-6-10-38/h4-6,9-10,32-33,37,53,62-64H,3,7-8,11-30,34-36H2,1-2H3,(H,52,66). The van der Waals surface area contributed by atoms with Gasteiger partial charge < -0.3 is 59.1 Å². The van der Waals surface area contributed by atoms with Crippen LogP contribution in [0.5, 0.6) is 5.75 Å². The van der Waals surface area contributed by atoms with Gasteiger partial charge in [-0.25, -0.2) is 9.97 Å². The molecule has 22 heteroatoms. The van der Waals surface area contributed by atoms with E-state index in [1.807, 2.05) is 42.2 Å². The van der Waals surface area contributed by atoms with Crippen LogP contribution < -0.4 is 10.1 Å². The number of nitrogens with one attached hydrogen (secondary N) is 2. The van der Waals surface area contributed by atoms with E-state index in [-0.39, 0.29) is 42.6 Å². The maximum Gasteiger partial charge on any atom is 0.295 e. The van der Waals surface area contributed by atoms with Crippen molar-refractivity contribution >= 4 is 34.1 Å². The molecule has 0 saturated carbocycles. The summed E-state index contributed by atoms with van der Waals surface area (Å²) in [6.45, 7) is 12.2. The molecule has 2 fully saturated rings. The molecule has 22 nitrogen and oxygen atoms in total. The fourth-order valence-corrected chi connectivity index (χ4v) is 8.83. The number of nitrogens with zero attached hydrogens (tertiary/aromatic N) is 9. The molecule has 2 aliphatic rings. The molecule has 5 N–H and O–H groups in total. The van der Waals surface area contributed by atoms with Crippen molar-refractivity contribution in [1.82, 2.24) is 49.6 Å². The summed E-state index contributed by atoms with van der Waals surface area (Å²) in [6, 6.07) is 11.7. The number of allylic oxidation sites excluding steroid dienone is 1. The van der Waals surface area contributed by atoms with Gasteiger partial charge in [-0.05, 0) is 50.3 Å². The lowest BCUT2D eigenvalue weighted by Gasteiger charge is -2.41. The van der Waals surface area contributed by atoms with Gasteiger partial charge in [0, 0.05) is 78.3 Å². The van der Waals surface area contributed by atoms with Gasteiger partial charge in [0.2, 0.25) is 5.82 Å². The molecule has 0 aliphatic carbocycles. The Morgan fingerprint density at radius 2 is 1.46 bits per heavy atom. The number of nitriles is 1. The maximum absolute atomic E-state index is 13.8. The number of ether oxygens (including phenoxy) is 5. The molecular weight excluding hydrogens is 931 g/mol. The number of amides is 2. The normalized spacial score (nSPS) is 14.8. The number of H-pyrrole nitrogens is 1. The Balaban J connectivity index is 0.949. The van der Waals surface area contributed by atoms with Crippen molar-refractivity contribution in [3.63, 3.8) is 0 Å². The molecule has 72 heavy (non-hydrogen) atoms. The highest BCUT2D eigenvalue weighted by Crippen LogP contribution is 2.33. The third-order valence-electron chi connectivity index (χ3n) is 13.1. The Kier molecular flexibility index (Phi) is 22.5. The van der Waals surface area contributed by atoms with Crippen LogP contribution in [0.3, 0.4) is 0 Å². The quantitative estimate of drug-likeness (QED) is 0.0205. The number of hydrogen-bond donors (Lipinski definition) is 5. The number of carbonyl (C=O) groups excluding carboxylic acids is 3. The Morgan fingerprint density at radius 3 is 2.08 bits per heavy atom. The molecule has 0 bridgehead atoms. The predicted octanol–water partition coefficient (Wildman–Crippen LogP) is 1.17. The highest BCUT2D eigenvalue weighted by Gasteiger charge is 2.35. The van der Waals surface area contributed by atoms with Crippen molar-refractivity contribution < 1.29 is 53.4 Å². The van der Waals surface area contributed by atoms with Crippen molar-refractivity contribution in [1.29, 1.82) is 5.26 Å². The number of carbonyl (C=O) groups is 3. The number of hydrogen-bond acceptors (Lipinski definition) is 18. The Labute approximate surface area is 420 Å². The molecule has 0 atom stereocenters. The molecule has 2 saturated heterocycles. The van der Waals surface area contributed by atoms with Crippen LogP contribution in [0.25, 0.3) is 22.3 Å². The number of rotatable bonds is 31. The SMILES string of the molecule is CCOCCOCCOCCOCCN1CCN(CCCN(CCCNC(=O)c2ncn(-c3ncc(OC)c4c(C(=O)C(=O)N5CCC(=C(C#N)c6ccccc6)CC5)c[nH]c34)n2)C(CO)(CO)CO)CC1. The van der Waals surface area contributed by atoms with Crippen molar-refractivity contribution in [2.45, 2.75) is 38.1 Å². The molecular formula is C50H71N11O11. The van der Waals surface area contributed by atoms with E-state index in [4.69, 9.17) is 23.7 Å². The number of ketones is 1. The predicted molar refractivity (Wildman–Crippen MR) is 266 cm³/mol. The van der Waals surface area contributed by atoms with Crippen molar-refractivity contribution in [3.8, 4) is 17.6 Å². The second-order valence-electron chi connectivity index (χ2n) is 17.6. The lowest BCUT2D eigenvalue weighted by Crippen LogP contribution is -2.58. The number of aliphatic hydroxyl groups is 3. The van der Waals surface area contributed by atoms with Gasteiger partial charge in [-0.15, -0.1) is 5.10 Å². The summed E-state index contributed by atoms with van der Waals surface area (Å²) in [5.74, 6) is -1.65. The minimum absolute atomic E-state index is 0.0832. The number of likely N-dealkylation sites (tertiary alicyclic amines) is 1. The Bertz CT molecular complexity index is 2380. The van der Waals surface area contributed by atoms with E-state index in [9.17, 15) is 35.0 Å². The number of aromatic nitrogens is 5. The van der Waals surface area contributed by atoms with Crippen LogP contribution in [0, 0.1) is 11.3 Å². The molecule has 3 aromatic heterocycles. The topological polar surface area (TPSA) is 266 Å². The summed E-state index contributed by atoms with van der Waals surface area (Å²) in [5.41, 5.74) is 1.53. The summed E-state index contributed by atoms with van der Waals surface area (Å²) in [5, 5.41) is 48.3. The number of Topliss-reactive ketones (excluding diaryl/α,β-unsaturated/α-hetero) is 1. The third-order valence-corrected chi connectivity index (χ3v) is 13.1. The second kappa shape index (κ2) is 29.1. The number of aliphatic hydroxyl groups excluding tert-OH is 3. The molecule has 5 heterocycles. The van der Waals surface area contributed by atoms with Gasteiger partial charge in [0.05, 0.1) is 113 Å². The number of aromatic amines is 1. The zero-order valence-electron chi connectivity index (χ0n) is 41.6. The molecule has 0 radical (unpaired) electrons. The Hall–Kier alpha value is -5.71. The smallest absolute Gasteiger partial charge is 0.295 e. The van der Waals surface area contributed by atoms with Crippen LogP contribution in [0.15, 0.2) is 54.6 Å². The summed E-state index contributed by atoms with van der Waals surface area (Å²) in [7, 11) is 1.43. The first-order valence-corrected chi connectivity index (χ1v) is 24.8. The first-order valence-electron chi connectivity index (χ1n) is 24.8. The van der Waals surface area contributed by atoms with E-state index in [2.05, 4.69) is 41.2 Å². The fraction of sp³-hybridized carbons (Fsp3) is 0.580. The minimum atomic E-state index is -1.24. The number of pyridine rings is 1.